The fourth-order valence-corrected chi connectivity index (χ4v) is 1.34. The van der Waals surface area contributed by atoms with E-state index in [1.54, 1.807) is 20.8 Å². The monoisotopic (exact) mass is 228 g/mol. The summed E-state index contributed by atoms with van der Waals surface area (Å²) in [6, 6.07) is 1.69. The Hall–Kier alpha value is -1.45. The summed E-state index contributed by atoms with van der Waals surface area (Å²) in [4.78, 5) is 11.9. The van der Waals surface area contributed by atoms with Gasteiger partial charge in [0.2, 0.25) is 0 Å². The lowest BCUT2D eigenvalue weighted by Crippen LogP contribution is -2.21. The van der Waals surface area contributed by atoms with Gasteiger partial charge in [0.25, 0.3) is 0 Å². The Bertz CT molecular complexity index is 420. The van der Waals surface area contributed by atoms with Crippen molar-refractivity contribution in [3.05, 3.63) is 29.3 Å². The second kappa shape index (κ2) is 4.20. The number of ketones is 1. The average molecular weight is 228 g/mol. The Morgan fingerprint density at radius 1 is 1.25 bits per heavy atom. The number of benzene rings is 1. The van der Waals surface area contributed by atoms with Crippen LogP contribution in [0.3, 0.4) is 0 Å². The van der Waals surface area contributed by atoms with Gasteiger partial charge in [-0.2, -0.15) is 0 Å². The van der Waals surface area contributed by atoms with Crippen LogP contribution >= 0.6 is 0 Å². The van der Waals surface area contributed by atoms with E-state index in [4.69, 9.17) is 4.74 Å². The van der Waals surface area contributed by atoms with E-state index in [1.165, 1.54) is 7.11 Å². The second-order valence-electron chi connectivity index (χ2n) is 4.55. The van der Waals surface area contributed by atoms with Gasteiger partial charge in [-0.15, -0.1) is 0 Å². The van der Waals surface area contributed by atoms with Crippen molar-refractivity contribution in [1.82, 2.24) is 0 Å². The van der Waals surface area contributed by atoms with E-state index in [9.17, 15) is 13.6 Å². The fraction of sp³-hybridized carbons (Fsp3) is 0.417. The molecule has 0 aliphatic carbocycles. The number of carbonyl (C=O) groups excluding carboxylic acids is 1. The zero-order chi connectivity index (χ0) is 12.5. The summed E-state index contributed by atoms with van der Waals surface area (Å²) in [5.41, 5.74) is -0.777. The molecule has 0 radical (unpaired) electrons. The Labute approximate surface area is 93.2 Å². The molecule has 0 atom stereocenters. The molecule has 0 saturated carbocycles. The normalized spacial score (nSPS) is 11.4. The van der Waals surface area contributed by atoms with Gasteiger partial charge in [0, 0.05) is 11.5 Å². The molecule has 0 saturated heterocycles. The summed E-state index contributed by atoms with van der Waals surface area (Å²) in [7, 11) is 1.25. The Balaban J connectivity index is 3.38. The van der Waals surface area contributed by atoms with Gasteiger partial charge in [0.05, 0.1) is 12.7 Å². The second-order valence-corrected chi connectivity index (χ2v) is 4.55. The number of rotatable bonds is 2. The van der Waals surface area contributed by atoms with Crippen LogP contribution in [0.1, 0.15) is 31.1 Å². The van der Waals surface area contributed by atoms with Crippen LogP contribution in [0, 0.1) is 17.0 Å². The number of hydrogen-bond donors (Lipinski definition) is 0. The van der Waals surface area contributed by atoms with Crippen molar-refractivity contribution < 1.29 is 18.3 Å². The summed E-state index contributed by atoms with van der Waals surface area (Å²) in [5, 5.41) is 0. The SMILES string of the molecule is COc1c(F)cc(F)cc1C(=O)C(C)(C)C. The summed E-state index contributed by atoms with van der Waals surface area (Å²) in [6.45, 7) is 5.03. The highest BCUT2D eigenvalue weighted by Crippen LogP contribution is 2.30. The highest BCUT2D eigenvalue weighted by molar-refractivity contribution is 6.02. The molecule has 0 N–H and O–H groups in total. The Morgan fingerprint density at radius 2 is 1.81 bits per heavy atom. The average Bonchev–Trinajstić information content (AvgIpc) is 2.14. The van der Waals surface area contributed by atoms with Gasteiger partial charge in [-0.3, -0.25) is 4.79 Å². The van der Waals surface area contributed by atoms with Gasteiger partial charge < -0.3 is 4.74 Å². The van der Waals surface area contributed by atoms with Crippen molar-refractivity contribution in [3.63, 3.8) is 0 Å². The van der Waals surface area contributed by atoms with Gasteiger partial charge >= 0.3 is 0 Å². The molecule has 0 amide bonds. The Morgan fingerprint density at radius 3 is 2.25 bits per heavy atom. The van der Waals surface area contributed by atoms with Crippen LogP contribution in [0.25, 0.3) is 0 Å². The van der Waals surface area contributed by atoms with Gasteiger partial charge in [-0.05, 0) is 6.07 Å². The van der Waals surface area contributed by atoms with E-state index < -0.39 is 17.0 Å². The molecule has 0 aliphatic rings. The predicted molar refractivity (Wildman–Crippen MR) is 56.7 cm³/mol. The first-order chi connectivity index (χ1) is 7.27. The van der Waals surface area contributed by atoms with Crippen molar-refractivity contribution in [1.29, 1.82) is 0 Å². The largest absolute Gasteiger partial charge is 0.493 e. The maximum absolute atomic E-state index is 13.3. The van der Waals surface area contributed by atoms with Crippen LogP contribution in [-0.4, -0.2) is 12.9 Å². The summed E-state index contributed by atoms with van der Waals surface area (Å²) in [6.07, 6.45) is 0. The van der Waals surface area contributed by atoms with Gasteiger partial charge in [-0.25, -0.2) is 8.78 Å². The lowest BCUT2D eigenvalue weighted by Gasteiger charge is -2.18. The third-order valence-corrected chi connectivity index (χ3v) is 2.14. The number of methoxy groups -OCH3 is 1. The van der Waals surface area contributed by atoms with Crippen LogP contribution in [0.2, 0.25) is 0 Å². The van der Waals surface area contributed by atoms with Crippen LogP contribution in [-0.2, 0) is 0 Å². The topological polar surface area (TPSA) is 26.3 Å². The molecular weight excluding hydrogens is 214 g/mol. The molecule has 2 nitrogen and oxygen atoms in total. The minimum absolute atomic E-state index is 0.0625. The highest BCUT2D eigenvalue weighted by atomic mass is 19.1. The summed E-state index contributed by atoms with van der Waals surface area (Å²) >= 11 is 0. The molecule has 1 rings (SSSR count). The lowest BCUT2D eigenvalue weighted by molar-refractivity contribution is 0.0853. The van der Waals surface area contributed by atoms with Crippen molar-refractivity contribution >= 4 is 5.78 Å². The number of halogens is 2. The van der Waals surface area contributed by atoms with Gasteiger partial charge in [0.1, 0.15) is 5.82 Å². The van der Waals surface area contributed by atoms with E-state index in [-0.39, 0.29) is 17.1 Å². The molecule has 1 aromatic carbocycles. The van der Waals surface area contributed by atoms with Crippen LogP contribution < -0.4 is 4.74 Å². The maximum Gasteiger partial charge on any atom is 0.172 e. The minimum atomic E-state index is -0.866. The van der Waals surface area contributed by atoms with Gasteiger partial charge in [-0.1, -0.05) is 20.8 Å². The van der Waals surface area contributed by atoms with Crippen molar-refractivity contribution in [2.75, 3.05) is 7.11 Å². The molecule has 0 spiro atoms. The molecule has 88 valence electrons. The zero-order valence-electron chi connectivity index (χ0n) is 9.73. The number of carbonyl (C=O) groups is 1. The first kappa shape index (κ1) is 12.6. The molecule has 0 fully saturated rings. The standard InChI is InChI=1S/C12H14F2O2/c1-12(2,3)11(15)8-5-7(13)6-9(14)10(8)16-4/h5-6H,1-4H3. The van der Waals surface area contributed by atoms with E-state index in [2.05, 4.69) is 0 Å². The third kappa shape index (κ3) is 2.38. The molecule has 0 aliphatic heterocycles. The summed E-state index contributed by atoms with van der Waals surface area (Å²) in [5.74, 6) is -2.22. The quantitative estimate of drug-likeness (QED) is 0.726. The number of hydrogen-bond acceptors (Lipinski definition) is 2. The van der Waals surface area contributed by atoms with Crippen molar-refractivity contribution in [2.24, 2.45) is 5.41 Å². The molecule has 0 aromatic heterocycles. The van der Waals surface area contributed by atoms with Crippen LogP contribution in [0.5, 0.6) is 5.75 Å². The molecule has 0 bridgehead atoms. The first-order valence-corrected chi connectivity index (χ1v) is 4.85. The maximum atomic E-state index is 13.3. The number of Topliss-reactive ketones (excluding diaryl/α,β-unsaturated/α-hetero) is 1. The molecule has 4 heteroatoms. The molecular formula is C12H14F2O2. The smallest absolute Gasteiger partial charge is 0.172 e. The van der Waals surface area contributed by atoms with E-state index in [0.29, 0.717) is 6.07 Å². The van der Waals surface area contributed by atoms with E-state index in [0.717, 1.165) is 6.07 Å². The number of ether oxygens (including phenoxy) is 1. The van der Waals surface area contributed by atoms with Crippen LogP contribution in [0.4, 0.5) is 8.78 Å². The zero-order valence-corrected chi connectivity index (χ0v) is 9.73. The molecule has 0 unspecified atom stereocenters. The van der Waals surface area contributed by atoms with Crippen molar-refractivity contribution in [3.8, 4) is 5.75 Å². The van der Waals surface area contributed by atoms with E-state index >= 15 is 0 Å². The van der Waals surface area contributed by atoms with Gasteiger partial charge in [0.15, 0.2) is 17.3 Å². The minimum Gasteiger partial charge on any atom is -0.493 e. The van der Waals surface area contributed by atoms with Crippen LogP contribution in [0.15, 0.2) is 12.1 Å². The molecule has 1 aromatic rings. The van der Waals surface area contributed by atoms with Crippen molar-refractivity contribution in [2.45, 2.75) is 20.8 Å². The highest BCUT2D eigenvalue weighted by Gasteiger charge is 2.27. The predicted octanol–water partition coefficient (Wildman–Crippen LogP) is 3.20. The lowest BCUT2D eigenvalue weighted by atomic mass is 9.86. The summed E-state index contributed by atoms with van der Waals surface area (Å²) < 4.78 is 31.2. The first-order valence-electron chi connectivity index (χ1n) is 4.85. The fourth-order valence-electron chi connectivity index (χ4n) is 1.34. The van der Waals surface area contributed by atoms with E-state index in [1.807, 2.05) is 0 Å². The third-order valence-electron chi connectivity index (χ3n) is 2.14. The molecule has 16 heavy (non-hydrogen) atoms. The molecule has 0 heterocycles. The Kier molecular flexibility index (Phi) is 3.31.